The summed E-state index contributed by atoms with van der Waals surface area (Å²) in [5, 5.41) is 4.33. The van der Waals surface area contributed by atoms with Crippen molar-refractivity contribution >= 4 is 49.8 Å². The number of allylic oxidation sites excluding steroid dienone is 1. The van der Waals surface area contributed by atoms with Gasteiger partial charge >= 0.3 is 0 Å². The summed E-state index contributed by atoms with van der Waals surface area (Å²) in [5.74, 6) is 0.964. The molecule has 1 aliphatic carbocycles. The molecule has 0 spiro atoms. The zero-order valence-corrected chi connectivity index (χ0v) is 29.4. The Hall–Kier alpha value is -7.04. The van der Waals surface area contributed by atoms with Crippen molar-refractivity contribution in [1.82, 2.24) is 14.5 Å². The van der Waals surface area contributed by atoms with Crippen LogP contribution in [-0.4, -0.2) is 14.5 Å². The Morgan fingerprint density at radius 3 is 2.09 bits per heavy atom. The highest BCUT2D eigenvalue weighted by molar-refractivity contribution is 6.14. The Morgan fingerprint density at radius 2 is 1.24 bits per heavy atom. The first-order valence-corrected chi connectivity index (χ1v) is 18.5. The molecule has 1 atom stereocenters. The molecule has 3 aromatic heterocycles. The van der Waals surface area contributed by atoms with E-state index in [1.165, 1.54) is 38.9 Å². The number of para-hydroxylation sites is 3. The molecule has 0 radical (unpaired) electrons. The van der Waals surface area contributed by atoms with E-state index >= 15 is 0 Å². The van der Waals surface area contributed by atoms with Crippen LogP contribution in [0.25, 0.3) is 89.3 Å². The number of hydrogen-bond donors (Lipinski definition) is 0. The molecular formula is C50H33N3O. The van der Waals surface area contributed by atoms with Crippen molar-refractivity contribution in [3.05, 3.63) is 193 Å². The molecule has 1 aliphatic rings. The number of hydrogen-bond acceptors (Lipinski definition) is 3. The van der Waals surface area contributed by atoms with Crippen LogP contribution in [-0.2, 0) is 6.42 Å². The summed E-state index contributed by atoms with van der Waals surface area (Å²) in [6.07, 6.45) is 5.57. The third-order valence-corrected chi connectivity index (χ3v) is 11.0. The predicted octanol–water partition coefficient (Wildman–Crippen LogP) is 12.8. The second kappa shape index (κ2) is 12.3. The molecule has 54 heavy (non-hydrogen) atoms. The largest absolute Gasteiger partial charge is 0.454 e. The van der Waals surface area contributed by atoms with E-state index in [1.807, 2.05) is 12.1 Å². The molecule has 0 fully saturated rings. The van der Waals surface area contributed by atoms with Crippen LogP contribution in [0.4, 0.5) is 0 Å². The molecular weight excluding hydrogens is 659 g/mol. The van der Waals surface area contributed by atoms with Crippen molar-refractivity contribution in [3.8, 4) is 39.5 Å². The SMILES string of the molecule is C1=CC(c2ccccc2)Cc2c1c1ccccc1n2-c1cccc2c1oc1cccc(-c3nc(-c4ccc(-c5ccccc5)cc4)c4ccccc4n3)c12. The van der Waals surface area contributed by atoms with Gasteiger partial charge in [-0.15, -0.1) is 0 Å². The van der Waals surface area contributed by atoms with Crippen molar-refractivity contribution < 1.29 is 4.42 Å². The summed E-state index contributed by atoms with van der Waals surface area (Å²) in [5.41, 5.74) is 13.9. The van der Waals surface area contributed by atoms with Gasteiger partial charge in [-0.1, -0.05) is 158 Å². The standard InChI is InChI=1S/C50H33N3O/c1-3-13-32(14-4-1)34-25-27-35(28-26-34)48-39-18-7-9-21-42(39)51-50(52-48)41-20-12-24-46-47(41)40-19-11-23-44(49(40)54-46)53-43-22-10-8-17-37(43)38-30-29-36(31-45(38)53)33-15-5-2-6-16-33/h1-30,36H,31H2. The lowest BCUT2D eigenvalue weighted by Crippen LogP contribution is -2.10. The van der Waals surface area contributed by atoms with Crippen molar-refractivity contribution in [2.24, 2.45) is 0 Å². The summed E-state index contributed by atoms with van der Waals surface area (Å²) < 4.78 is 9.31. The quantitative estimate of drug-likeness (QED) is 0.180. The predicted molar refractivity (Wildman–Crippen MR) is 222 cm³/mol. The first kappa shape index (κ1) is 30.6. The molecule has 0 saturated carbocycles. The molecule has 0 aliphatic heterocycles. The molecule has 254 valence electrons. The summed E-state index contributed by atoms with van der Waals surface area (Å²) in [7, 11) is 0. The van der Waals surface area contributed by atoms with Crippen molar-refractivity contribution in [3.63, 3.8) is 0 Å². The fourth-order valence-electron chi connectivity index (χ4n) is 8.46. The smallest absolute Gasteiger partial charge is 0.161 e. The molecule has 3 heterocycles. The van der Waals surface area contributed by atoms with Crippen LogP contribution in [0.3, 0.4) is 0 Å². The van der Waals surface area contributed by atoms with Crippen molar-refractivity contribution in [1.29, 1.82) is 0 Å². The van der Waals surface area contributed by atoms with E-state index in [2.05, 4.69) is 174 Å². The van der Waals surface area contributed by atoms with E-state index in [4.69, 9.17) is 14.4 Å². The van der Waals surface area contributed by atoms with Crippen LogP contribution < -0.4 is 0 Å². The van der Waals surface area contributed by atoms with E-state index < -0.39 is 0 Å². The Labute approximate surface area is 312 Å². The van der Waals surface area contributed by atoms with E-state index in [-0.39, 0.29) is 5.92 Å². The highest BCUT2D eigenvalue weighted by atomic mass is 16.3. The van der Waals surface area contributed by atoms with E-state index in [0.717, 1.165) is 61.8 Å². The molecule has 0 bridgehead atoms. The number of furan rings is 1. The fourth-order valence-corrected chi connectivity index (χ4v) is 8.46. The van der Waals surface area contributed by atoms with E-state index in [0.29, 0.717) is 5.82 Å². The average molecular weight is 692 g/mol. The lowest BCUT2D eigenvalue weighted by molar-refractivity contribution is 0.664. The van der Waals surface area contributed by atoms with Gasteiger partial charge in [0.25, 0.3) is 0 Å². The van der Waals surface area contributed by atoms with Gasteiger partial charge in [0, 0.05) is 49.8 Å². The van der Waals surface area contributed by atoms with Crippen LogP contribution in [0.15, 0.2) is 180 Å². The minimum absolute atomic E-state index is 0.289. The number of benzene rings is 7. The normalized spacial score (nSPS) is 14.0. The van der Waals surface area contributed by atoms with Gasteiger partial charge in [-0.3, -0.25) is 0 Å². The van der Waals surface area contributed by atoms with E-state index in [9.17, 15) is 0 Å². The second-order valence-electron chi connectivity index (χ2n) is 14.1. The maximum Gasteiger partial charge on any atom is 0.161 e. The molecule has 1 unspecified atom stereocenters. The fraction of sp³-hybridized carbons (Fsp3) is 0.0400. The topological polar surface area (TPSA) is 43.9 Å². The van der Waals surface area contributed by atoms with Gasteiger partial charge in [-0.2, -0.15) is 0 Å². The van der Waals surface area contributed by atoms with Crippen LogP contribution in [0, 0.1) is 0 Å². The second-order valence-corrected chi connectivity index (χ2v) is 14.1. The molecule has 7 aromatic carbocycles. The molecule has 4 heteroatoms. The Kier molecular flexibility index (Phi) is 6.96. The summed E-state index contributed by atoms with van der Waals surface area (Å²) in [6, 6.07) is 59.7. The Bertz CT molecular complexity index is 3060. The molecule has 0 saturated heterocycles. The van der Waals surface area contributed by atoms with Gasteiger partial charge in [0.15, 0.2) is 11.4 Å². The number of fused-ring (bicyclic) bond motifs is 7. The van der Waals surface area contributed by atoms with Crippen molar-refractivity contribution in [2.45, 2.75) is 12.3 Å². The zero-order valence-electron chi connectivity index (χ0n) is 29.4. The minimum atomic E-state index is 0.289. The number of aromatic nitrogens is 3. The van der Waals surface area contributed by atoms with Crippen LogP contribution in [0.5, 0.6) is 0 Å². The molecule has 10 aromatic rings. The van der Waals surface area contributed by atoms with Gasteiger partial charge < -0.3 is 8.98 Å². The zero-order chi connectivity index (χ0) is 35.6. The highest BCUT2D eigenvalue weighted by Gasteiger charge is 2.26. The lowest BCUT2D eigenvalue weighted by atomic mass is 9.88. The maximum absolute atomic E-state index is 6.88. The van der Waals surface area contributed by atoms with Gasteiger partial charge in [-0.05, 0) is 47.4 Å². The van der Waals surface area contributed by atoms with E-state index in [1.54, 1.807) is 0 Å². The Balaban J connectivity index is 1.09. The van der Waals surface area contributed by atoms with Gasteiger partial charge in [0.05, 0.1) is 22.4 Å². The summed E-state index contributed by atoms with van der Waals surface area (Å²) in [4.78, 5) is 10.5. The third kappa shape index (κ3) is 4.84. The number of rotatable bonds is 5. The van der Waals surface area contributed by atoms with Crippen LogP contribution in [0.2, 0.25) is 0 Å². The molecule has 11 rings (SSSR count). The van der Waals surface area contributed by atoms with Crippen molar-refractivity contribution in [2.75, 3.05) is 0 Å². The molecule has 0 N–H and O–H groups in total. The summed E-state index contributed by atoms with van der Waals surface area (Å²) in [6.45, 7) is 0. The third-order valence-electron chi connectivity index (χ3n) is 11.0. The monoisotopic (exact) mass is 691 g/mol. The summed E-state index contributed by atoms with van der Waals surface area (Å²) >= 11 is 0. The highest BCUT2D eigenvalue weighted by Crippen LogP contribution is 2.43. The molecule has 4 nitrogen and oxygen atoms in total. The van der Waals surface area contributed by atoms with Gasteiger partial charge in [-0.25, -0.2) is 9.97 Å². The average Bonchev–Trinajstić information content (AvgIpc) is 3.80. The first-order chi connectivity index (χ1) is 26.8. The lowest BCUT2D eigenvalue weighted by Gasteiger charge is -2.20. The Morgan fingerprint density at radius 1 is 0.556 bits per heavy atom. The maximum atomic E-state index is 6.88. The van der Waals surface area contributed by atoms with Crippen LogP contribution >= 0.6 is 0 Å². The van der Waals surface area contributed by atoms with Gasteiger partial charge in [0.2, 0.25) is 0 Å². The number of nitrogens with zero attached hydrogens (tertiary/aromatic N) is 3. The first-order valence-electron chi connectivity index (χ1n) is 18.5. The molecule has 0 amide bonds. The van der Waals surface area contributed by atoms with Crippen LogP contribution in [0.1, 0.15) is 22.7 Å². The minimum Gasteiger partial charge on any atom is -0.454 e. The van der Waals surface area contributed by atoms with Gasteiger partial charge in [0.1, 0.15) is 5.58 Å².